The summed E-state index contributed by atoms with van der Waals surface area (Å²) in [6.07, 6.45) is 0. The Morgan fingerprint density at radius 1 is 1.13 bits per heavy atom. The maximum absolute atomic E-state index is 12.5. The van der Waals surface area contributed by atoms with Crippen molar-refractivity contribution in [3.05, 3.63) is 58.6 Å². The molecule has 0 saturated carbocycles. The predicted molar refractivity (Wildman–Crippen MR) is 91.5 cm³/mol. The third kappa shape index (κ3) is 4.03. The zero-order chi connectivity index (χ0) is 17.2. The second-order valence-corrected chi connectivity index (χ2v) is 7.38. The van der Waals surface area contributed by atoms with Gasteiger partial charge in [0.05, 0.1) is 4.90 Å². The largest absolute Gasteiger partial charge is 0.345 e. The number of halogens is 1. The Labute approximate surface area is 140 Å². The van der Waals surface area contributed by atoms with Crippen LogP contribution in [0.5, 0.6) is 0 Å². The Bertz CT molecular complexity index is 848. The van der Waals surface area contributed by atoms with E-state index in [0.29, 0.717) is 21.8 Å². The van der Waals surface area contributed by atoms with Gasteiger partial charge < -0.3 is 4.90 Å². The van der Waals surface area contributed by atoms with Crippen LogP contribution < -0.4 is 4.72 Å². The van der Waals surface area contributed by atoms with Crippen molar-refractivity contribution in [3.8, 4) is 0 Å². The minimum Gasteiger partial charge on any atom is -0.345 e. The van der Waals surface area contributed by atoms with Crippen LogP contribution in [0, 0.1) is 6.92 Å². The summed E-state index contributed by atoms with van der Waals surface area (Å²) in [5.41, 5.74) is 1.30. The van der Waals surface area contributed by atoms with Crippen molar-refractivity contribution in [2.24, 2.45) is 0 Å². The molecule has 2 rings (SSSR count). The van der Waals surface area contributed by atoms with Gasteiger partial charge in [-0.15, -0.1) is 0 Å². The fourth-order valence-corrected chi connectivity index (χ4v) is 3.61. The lowest BCUT2D eigenvalue weighted by molar-refractivity contribution is 0.0827. The van der Waals surface area contributed by atoms with Gasteiger partial charge in [-0.1, -0.05) is 23.7 Å². The molecule has 0 radical (unpaired) electrons. The molecule has 122 valence electrons. The molecule has 0 bridgehead atoms. The Hall–Kier alpha value is -2.05. The molecule has 0 fully saturated rings. The van der Waals surface area contributed by atoms with Gasteiger partial charge in [-0.05, 0) is 42.8 Å². The Kier molecular flexibility index (Phi) is 4.97. The topological polar surface area (TPSA) is 66.5 Å². The summed E-state index contributed by atoms with van der Waals surface area (Å²) in [6, 6.07) is 11.0. The minimum absolute atomic E-state index is 0.106. The minimum atomic E-state index is -3.79. The van der Waals surface area contributed by atoms with Crippen molar-refractivity contribution in [2.75, 3.05) is 18.8 Å². The standard InChI is InChI=1S/C16H17ClN2O3S/c1-11-7-8-13(17)10-15(11)23(21,22)18-14-6-4-5-12(9-14)16(20)19(2)3/h4-10,18H,1-3H3. The third-order valence-corrected chi connectivity index (χ3v) is 4.97. The summed E-state index contributed by atoms with van der Waals surface area (Å²) in [7, 11) is -0.522. The molecule has 0 heterocycles. The van der Waals surface area contributed by atoms with E-state index in [0.717, 1.165) is 0 Å². The van der Waals surface area contributed by atoms with E-state index in [1.807, 2.05) is 0 Å². The Morgan fingerprint density at radius 2 is 1.83 bits per heavy atom. The van der Waals surface area contributed by atoms with Crippen LogP contribution in [-0.4, -0.2) is 33.3 Å². The molecule has 7 heteroatoms. The van der Waals surface area contributed by atoms with Crippen LogP contribution in [0.2, 0.25) is 5.02 Å². The van der Waals surface area contributed by atoms with E-state index in [-0.39, 0.29) is 10.8 Å². The number of nitrogens with zero attached hydrogens (tertiary/aromatic N) is 1. The zero-order valence-corrected chi connectivity index (χ0v) is 14.6. The Balaban J connectivity index is 2.36. The third-order valence-electron chi connectivity index (χ3n) is 3.21. The first-order valence-corrected chi connectivity index (χ1v) is 8.67. The highest BCUT2D eigenvalue weighted by Gasteiger charge is 2.18. The van der Waals surface area contributed by atoms with Crippen LogP contribution in [0.15, 0.2) is 47.4 Å². The van der Waals surface area contributed by atoms with Gasteiger partial charge in [0, 0.05) is 30.4 Å². The Morgan fingerprint density at radius 3 is 2.48 bits per heavy atom. The molecular formula is C16H17ClN2O3S. The van der Waals surface area contributed by atoms with Crippen molar-refractivity contribution in [3.63, 3.8) is 0 Å². The van der Waals surface area contributed by atoms with E-state index >= 15 is 0 Å². The molecule has 0 spiro atoms. The van der Waals surface area contributed by atoms with E-state index in [1.54, 1.807) is 51.4 Å². The van der Waals surface area contributed by atoms with E-state index in [9.17, 15) is 13.2 Å². The summed E-state index contributed by atoms with van der Waals surface area (Å²) >= 11 is 5.89. The second-order valence-electron chi connectivity index (χ2n) is 5.30. The normalized spacial score (nSPS) is 11.1. The number of benzene rings is 2. The molecule has 0 aliphatic carbocycles. The maximum atomic E-state index is 12.5. The van der Waals surface area contributed by atoms with Gasteiger partial charge in [-0.3, -0.25) is 9.52 Å². The van der Waals surface area contributed by atoms with Gasteiger partial charge >= 0.3 is 0 Å². The number of nitrogens with one attached hydrogen (secondary N) is 1. The molecule has 5 nitrogen and oxygen atoms in total. The van der Waals surface area contributed by atoms with E-state index < -0.39 is 10.0 Å². The zero-order valence-electron chi connectivity index (χ0n) is 13.0. The van der Waals surface area contributed by atoms with Gasteiger partial charge in [0.2, 0.25) is 0 Å². The first-order valence-electron chi connectivity index (χ1n) is 6.81. The van der Waals surface area contributed by atoms with Crippen molar-refractivity contribution in [1.82, 2.24) is 4.90 Å². The quantitative estimate of drug-likeness (QED) is 0.919. The summed E-state index contributed by atoms with van der Waals surface area (Å²) < 4.78 is 27.5. The molecule has 2 aromatic rings. The highest BCUT2D eigenvalue weighted by atomic mass is 35.5. The molecule has 0 aromatic heterocycles. The summed E-state index contributed by atoms with van der Waals surface area (Å²) in [5.74, 6) is -0.204. The first kappa shape index (κ1) is 17.3. The van der Waals surface area contributed by atoms with E-state index in [2.05, 4.69) is 4.72 Å². The smallest absolute Gasteiger partial charge is 0.262 e. The lowest BCUT2D eigenvalue weighted by atomic mass is 10.2. The number of amides is 1. The molecule has 23 heavy (non-hydrogen) atoms. The fraction of sp³-hybridized carbons (Fsp3) is 0.188. The van der Waals surface area contributed by atoms with Crippen molar-refractivity contribution >= 4 is 33.2 Å². The van der Waals surface area contributed by atoms with E-state index in [4.69, 9.17) is 11.6 Å². The molecule has 1 amide bonds. The number of rotatable bonds is 4. The highest BCUT2D eigenvalue weighted by Crippen LogP contribution is 2.23. The number of anilines is 1. The molecule has 0 saturated heterocycles. The molecule has 0 atom stereocenters. The van der Waals surface area contributed by atoms with Crippen LogP contribution in [-0.2, 0) is 10.0 Å². The monoisotopic (exact) mass is 352 g/mol. The van der Waals surface area contributed by atoms with Gasteiger partial charge in [0.25, 0.3) is 15.9 Å². The molecular weight excluding hydrogens is 336 g/mol. The average Bonchev–Trinajstić information content (AvgIpc) is 2.48. The molecule has 2 aromatic carbocycles. The number of sulfonamides is 1. The van der Waals surface area contributed by atoms with Gasteiger partial charge in [0.15, 0.2) is 0 Å². The summed E-state index contributed by atoms with van der Waals surface area (Å²) in [6.45, 7) is 1.69. The average molecular weight is 353 g/mol. The van der Waals surface area contributed by atoms with Crippen molar-refractivity contribution in [1.29, 1.82) is 0 Å². The fourth-order valence-electron chi connectivity index (χ4n) is 2.05. The number of carbonyl (C=O) groups is 1. The molecule has 0 aliphatic heterocycles. The van der Waals surface area contributed by atoms with Gasteiger partial charge in [-0.25, -0.2) is 8.42 Å². The summed E-state index contributed by atoms with van der Waals surface area (Å²) in [4.78, 5) is 13.5. The van der Waals surface area contributed by atoms with Crippen LogP contribution >= 0.6 is 11.6 Å². The predicted octanol–water partition coefficient (Wildman–Crippen LogP) is 3.15. The number of carbonyl (C=O) groups excluding carboxylic acids is 1. The van der Waals surface area contributed by atoms with E-state index in [1.165, 1.54) is 17.0 Å². The summed E-state index contributed by atoms with van der Waals surface area (Å²) in [5, 5.41) is 0.340. The van der Waals surface area contributed by atoms with Gasteiger partial charge in [0.1, 0.15) is 0 Å². The maximum Gasteiger partial charge on any atom is 0.262 e. The van der Waals surface area contributed by atoms with Crippen LogP contribution in [0.3, 0.4) is 0 Å². The lowest BCUT2D eigenvalue weighted by Gasteiger charge is -2.13. The van der Waals surface area contributed by atoms with Crippen LogP contribution in [0.25, 0.3) is 0 Å². The molecule has 0 unspecified atom stereocenters. The van der Waals surface area contributed by atoms with Crippen molar-refractivity contribution < 1.29 is 13.2 Å². The number of hydrogen-bond acceptors (Lipinski definition) is 3. The van der Waals surface area contributed by atoms with Gasteiger partial charge in [-0.2, -0.15) is 0 Å². The van der Waals surface area contributed by atoms with Crippen LogP contribution in [0.4, 0.5) is 5.69 Å². The number of hydrogen-bond donors (Lipinski definition) is 1. The SMILES string of the molecule is Cc1ccc(Cl)cc1S(=O)(=O)Nc1cccc(C(=O)N(C)C)c1. The molecule has 1 N–H and O–H groups in total. The lowest BCUT2D eigenvalue weighted by Crippen LogP contribution is -2.22. The second kappa shape index (κ2) is 6.60. The highest BCUT2D eigenvalue weighted by molar-refractivity contribution is 7.92. The van der Waals surface area contributed by atoms with Crippen molar-refractivity contribution in [2.45, 2.75) is 11.8 Å². The van der Waals surface area contributed by atoms with Crippen LogP contribution in [0.1, 0.15) is 15.9 Å². The first-order chi connectivity index (χ1) is 10.7. The number of aryl methyl sites for hydroxylation is 1. The molecule has 0 aliphatic rings.